The molecule has 8 heavy (non-hydrogen) atoms. The Morgan fingerprint density at radius 2 is 1.25 bits per heavy atom. The van der Waals surface area contributed by atoms with Gasteiger partial charge < -0.3 is 14.1 Å². The fourth-order valence-electron chi connectivity index (χ4n) is 0. The predicted molar refractivity (Wildman–Crippen MR) is 21.3 cm³/mol. The zero-order valence-corrected chi connectivity index (χ0v) is 12.6. The van der Waals surface area contributed by atoms with Crippen LogP contribution in [0.4, 0.5) is 0 Å². The molecule has 0 fully saturated rings. The molecule has 0 rings (SSSR count). The van der Waals surface area contributed by atoms with Gasteiger partial charge in [0.2, 0.25) is 0 Å². The standard InChI is InChI=1S/CH5O3P.3Na.3H/c1-5(2,3)4;;;;;;/h1H3,(H2,2,3,4);;;;;;/q;3*+1;3*-1. The second-order valence-corrected chi connectivity index (χ2v) is 2.51. The molecule has 0 spiro atoms. The van der Waals surface area contributed by atoms with Crippen molar-refractivity contribution in [1.29, 1.82) is 0 Å². The maximum atomic E-state index is 9.33. The Bertz CT molecular complexity index is 70.0. The van der Waals surface area contributed by atoms with Gasteiger partial charge in [-0.2, -0.15) is 0 Å². The van der Waals surface area contributed by atoms with Gasteiger partial charge in [-0.15, -0.1) is 0 Å². The van der Waals surface area contributed by atoms with Crippen LogP contribution < -0.4 is 88.7 Å². The van der Waals surface area contributed by atoms with Crippen LogP contribution in [0, 0.1) is 0 Å². The first-order valence-electron chi connectivity index (χ1n) is 1.03. The Balaban J connectivity index is -0.00000000533. The average molecular weight is 168 g/mol. The molecule has 2 N–H and O–H groups in total. The fraction of sp³-hybridized carbons (Fsp3) is 1.00. The topological polar surface area (TPSA) is 57.5 Å². The zero-order chi connectivity index (χ0) is 4.50. The van der Waals surface area contributed by atoms with Gasteiger partial charge in [-0.05, 0) is 0 Å². The normalized spacial score (nSPS) is 7.38. The fourth-order valence-corrected chi connectivity index (χ4v) is 0. The largest absolute Gasteiger partial charge is 1.00 e. The summed E-state index contributed by atoms with van der Waals surface area (Å²) in [5, 5.41) is 0. The number of hydrogen-bond donors (Lipinski definition) is 2. The first-order chi connectivity index (χ1) is 2.00. The van der Waals surface area contributed by atoms with Crippen molar-refractivity contribution in [3.05, 3.63) is 0 Å². The van der Waals surface area contributed by atoms with E-state index in [1.807, 2.05) is 0 Å². The maximum absolute atomic E-state index is 9.33. The summed E-state index contributed by atoms with van der Waals surface area (Å²) in [6.07, 6.45) is 0. The van der Waals surface area contributed by atoms with Crippen molar-refractivity contribution in [3.8, 4) is 0 Å². The average Bonchev–Trinajstić information content (AvgIpc) is 0.722. The van der Waals surface area contributed by atoms with E-state index in [2.05, 4.69) is 0 Å². The number of hydrogen-bond acceptors (Lipinski definition) is 1. The molecule has 0 aliphatic rings. The van der Waals surface area contributed by atoms with E-state index in [0.29, 0.717) is 0 Å². The minimum absolute atomic E-state index is 0. The molecule has 0 unspecified atom stereocenters. The van der Waals surface area contributed by atoms with Gasteiger partial charge in [-0.3, -0.25) is 4.57 Å². The SMILES string of the molecule is CP(=O)(O)O.[H-].[H-].[H-].[Na+].[Na+].[Na+]. The summed E-state index contributed by atoms with van der Waals surface area (Å²) in [6, 6.07) is 0. The molecule has 0 aromatic heterocycles. The van der Waals surface area contributed by atoms with E-state index < -0.39 is 7.60 Å². The van der Waals surface area contributed by atoms with Crippen molar-refractivity contribution in [1.82, 2.24) is 0 Å². The van der Waals surface area contributed by atoms with E-state index in [4.69, 9.17) is 9.79 Å². The van der Waals surface area contributed by atoms with Gasteiger partial charge in [0, 0.05) is 6.66 Å². The molecule has 0 heterocycles. The second-order valence-electron chi connectivity index (χ2n) is 0.835. The Hall–Kier alpha value is 3.15. The predicted octanol–water partition coefficient (Wildman–Crippen LogP) is -8.86. The second kappa shape index (κ2) is 10.2. The molecular formula is CH8Na3O3P. The molecule has 3 nitrogen and oxygen atoms in total. The molecule has 0 amide bonds. The maximum Gasteiger partial charge on any atom is 1.00 e. The molecule has 0 aromatic rings. The number of rotatable bonds is 0. The van der Waals surface area contributed by atoms with Gasteiger partial charge in [0.15, 0.2) is 0 Å². The van der Waals surface area contributed by atoms with Crippen molar-refractivity contribution < 1.29 is 107 Å². The smallest absolute Gasteiger partial charge is 1.00 e. The quantitative estimate of drug-likeness (QED) is 0.279. The van der Waals surface area contributed by atoms with Crippen LogP contribution in [-0.4, -0.2) is 16.5 Å². The van der Waals surface area contributed by atoms with Crippen LogP contribution in [0.1, 0.15) is 4.28 Å². The van der Waals surface area contributed by atoms with Crippen LogP contribution in [0.2, 0.25) is 0 Å². The zero-order valence-electron chi connectivity index (χ0n) is 8.75. The van der Waals surface area contributed by atoms with Crippen LogP contribution in [0.3, 0.4) is 0 Å². The molecule has 7 heteroatoms. The van der Waals surface area contributed by atoms with Crippen molar-refractivity contribution in [3.63, 3.8) is 0 Å². The Morgan fingerprint density at radius 1 is 1.25 bits per heavy atom. The molecule has 0 aromatic carbocycles. The van der Waals surface area contributed by atoms with E-state index in [-0.39, 0.29) is 93.0 Å². The van der Waals surface area contributed by atoms with Crippen LogP contribution in [0.5, 0.6) is 0 Å². The van der Waals surface area contributed by atoms with Crippen molar-refractivity contribution >= 4 is 7.60 Å². The van der Waals surface area contributed by atoms with Crippen LogP contribution >= 0.6 is 7.60 Å². The molecule has 0 aliphatic carbocycles. The minimum atomic E-state index is -3.64. The van der Waals surface area contributed by atoms with Crippen LogP contribution in [0.15, 0.2) is 0 Å². The van der Waals surface area contributed by atoms with E-state index in [1.165, 1.54) is 0 Å². The molecular weight excluding hydrogens is 160 g/mol. The van der Waals surface area contributed by atoms with Gasteiger partial charge >= 0.3 is 96.3 Å². The first kappa shape index (κ1) is 22.5. The first-order valence-corrected chi connectivity index (χ1v) is 3.09. The Morgan fingerprint density at radius 3 is 1.25 bits per heavy atom. The monoisotopic (exact) mass is 168 g/mol. The van der Waals surface area contributed by atoms with Gasteiger partial charge in [-0.1, -0.05) is 0 Å². The van der Waals surface area contributed by atoms with Gasteiger partial charge in [0.1, 0.15) is 0 Å². The Labute approximate surface area is 119 Å². The van der Waals surface area contributed by atoms with Crippen molar-refractivity contribution in [2.45, 2.75) is 0 Å². The summed E-state index contributed by atoms with van der Waals surface area (Å²) < 4.78 is 9.33. The summed E-state index contributed by atoms with van der Waals surface area (Å²) in [5.74, 6) is 0. The Kier molecular flexibility index (Phi) is 28.5. The van der Waals surface area contributed by atoms with E-state index in [1.54, 1.807) is 0 Å². The summed E-state index contributed by atoms with van der Waals surface area (Å²) in [5.41, 5.74) is 0. The summed E-state index contributed by atoms with van der Waals surface area (Å²) in [6.45, 7) is 0.854. The third kappa shape index (κ3) is 61.3. The van der Waals surface area contributed by atoms with Crippen molar-refractivity contribution in [2.24, 2.45) is 0 Å². The summed E-state index contributed by atoms with van der Waals surface area (Å²) in [4.78, 5) is 15.3. The van der Waals surface area contributed by atoms with Crippen molar-refractivity contribution in [2.75, 3.05) is 6.66 Å². The third-order valence-electron chi connectivity index (χ3n) is 0. The molecule has 0 saturated heterocycles. The molecule has 0 saturated carbocycles. The molecule has 0 radical (unpaired) electrons. The van der Waals surface area contributed by atoms with E-state index >= 15 is 0 Å². The molecule has 0 atom stereocenters. The molecule has 0 aliphatic heterocycles. The third-order valence-corrected chi connectivity index (χ3v) is 0. The summed E-state index contributed by atoms with van der Waals surface area (Å²) >= 11 is 0. The van der Waals surface area contributed by atoms with Crippen LogP contribution in [-0.2, 0) is 4.57 Å². The van der Waals surface area contributed by atoms with Gasteiger partial charge in [0.05, 0.1) is 0 Å². The van der Waals surface area contributed by atoms with Crippen LogP contribution in [0.25, 0.3) is 0 Å². The van der Waals surface area contributed by atoms with E-state index in [9.17, 15) is 4.57 Å². The van der Waals surface area contributed by atoms with Gasteiger partial charge in [0.25, 0.3) is 0 Å². The molecule has 38 valence electrons. The van der Waals surface area contributed by atoms with E-state index in [0.717, 1.165) is 6.66 Å². The summed E-state index contributed by atoms with van der Waals surface area (Å²) in [7, 11) is -3.64. The minimum Gasteiger partial charge on any atom is -1.00 e. The van der Waals surface area contributed by atoms with Gasteiger partial charge in [-0.25, -0.2) is 0 Å². The molecule has 0 bridgehead atoms.